The number of rotatable bonds is 6. The van der Waals surface area contributed by atoms with Crippen molar-refractivity contribution >= 4 is 17.3 Å². The first kappa shape index (κ1) is 16.4. The van der Waals surface area contributed by atoms with Crippen molar-refractivity contribution in [1.29, 1.82) is 0 Å². The Morgan fingerprint density at radius 3 is 2.92 bits per heavy atom. The van der Waals surface area contributed by atoms with Gasteiger partial charge in [-0.15, -0.1) is 11.3 Å². The minimum atomic E-state index is -0.298. The molecule has 3 aromatic heterocycles. The van der Waals surface area contributed by atoms with E-state index >= 15 is 0 Å². The summed E-state index contributed by atoms with van der Waals surface area (Å²) < 4.78 is 12.1. The lowest BCUT2D eigenvalue weighted by molar-refractivity contribution is -0.145. The molecule has 0 aliphatic carbocycles. The zero-order valence-corrected chi connectivity index (χ0v) is 14.6. The van der Waals surface area contributed by atoms with E-state index in [9.17, 15) is 4.79 Å². The van der Waals surface area contributed by atoms with Gasteiger partial charge < -0.3 is 9.26 Å². The predicted molar refractivity (Wildman–Crippen MR) is 88.4 cm³/mol. The summed E-state index contributed by atoms with van der Waals surface area (Å²) in [5.41, 5.74) is 3.10. The molecule has 0 radical (unpaired) electrons. The zero-order chi connectivity index (χ0) is 17.1. The van der Waals surface area contributed by atoms with Gasteiger partial charge in [0.25, 0.3) is 5.89 Å². The number of ether oxygens (including phenoxy) is 1. The van der Waals surface area contributed by atoms with Crippen molar-refractivity contribution in [2.45, 2.75) is 33.3 Å². The van der Waals surface area contributed by atoms with Gasteiger partial charge in [0.05, 0.1) is 10.6 Å². The molecule has 0 aliphatic heterocycles. The molecule has 126 valence electrons. The molecule has 0 saturated heterocycles. The number of thiophene rings is 1. The van der Waals surface area contributed by atoms with Crippen LogP contribution < -0.4 is 0 Å². The second kappa shape index (κ2) is 6.96. The molecule has 8 heteroatoms. The van der Waals surface area contributed by atoms with Crippen LogP contribution in [0.25, 0.3) is 10.7 Å². The Hall–Kier alpha value is -2.48. The Bertz CT molecular complexity index is 836. The maximum absolute atomic E-state index is 11.9. The molecule has 0 atom stereocenters. The Kier molecular flexibility index (Phi) is 4.75. The number of hydrogen-bond donors (Lipinski definition) is 0. The molecule has 0 fully saturated rings. The minimum absolute atomic E-state index is 0.0117. The van der Waals surface area contributed by atoms with E-state index in [-0.39, 0.29) is 12.6 Å². The second-order valence-corrected chi connectivity index (χ2v) is 6.37. The average molecular weight is 346 g/mol. The quantitative estimate of drug-likeness (QED) is 0.638. The van der Waals surface area contributed by atoms with Gasteiger partial charge in [-0.2, -0.15) is 10.1 Å². The van der Waals surface area contributed by atoms with Crippen LogP contribution in [0.4, 0.5) is 0 Å². The van der Waals surface area contributed by atoms with Crippen LogP contribution in [-0.4, -0.2) is 25.9 Å². The Labute approximate surface area is 143 Å². The molecule has 0 spiro atoms. The van der Waals surface area contributed by atoms with E-state index < -0.39 is 0 Å². The first-order valence-electron chi connectivity index (χ1n) is 7.55. The largest absolute Gasteiger partial charge is 0.456 e. The van der Waals surface area contributed by atoms with Crippen LogP contribution in [0.3, 0.4) is 0 Å². The molecule has 0 bridgehead atoms. The molecule has 0 aromatic carbocycles. The van der Waals surface area contributed by atoms with Crippen molar-refractivity contribution in [2.24, 2.45) is 7.05 Å². The molecule has 7 nitrogen and oxygen atoms in total. The number of carbonyl (C=O) groups is 1. The third-order valence-electron chi connectivity index (χ3n) is 3.80. The van der Waals surface area contributed by atoms with Crippen molar-refractivity contribution in [3.8, 4) is 10.7 Å². The molecule has 24 heavy (non-hydrogen) atoms. The van der Waals surface area contributed by atoms with Crippen molar-refractivity contribution in [1.82, 2.24) is 19.9 Å². The van der Waals surface area contributed by atoms with Gasteiger partial charge in [-0.25, -0.2) is 0 Å². The van der Waals surface area contributed by atoms with Crippen LogP contribution in [0.5, 0.6) is 0 Å². The SMILES string of the molecule is Cc1nn(C)c(C)c1CCC(=O)OCc1nc(-c2cccs2)no1. The van der Waals surface area contributed by atoms with Crippen molar-refractivity contribution in [2.75, 3.05) is 0 Å². The van der Waals surface area contributed by atoms with E-state index in [2.05, 4.69) is 15.2 Å². The zero-order valence-electron chi connectivity index (χ0n) is 13.8. The van der Waals surface area contributed by atoms with Gasteiger partial charge in [0, 0.05) is 19.2 Å². The normalized spacial score (nSPS) is 11.0. The van der Waals surface area contributed by atoms with Crippen LogP contribution in [0.2, 0.25) is 0 Å². The van der Waals surface area contributed by atoms with E-state index in [0.717, 1.165) is 21.8 Å². The highest BCUT2D eigenvalue weighted by atomic mass is 32.1. The van der Waals surface area contributed by atoms with E-state index in [1.807, 2.05) is 43.1 Å². The Morgan fingerprint density at radius 1 is 1.42 bits per heavy atom. The molecule has 0 N–H and O–H groups in total. The van der Waals surface area contributed by atoms with E-state index in [4.69, 9.17) is 9.26 Å². The lowest BCUT2D eigenvalue weighted by atomic mass is 10.1. The first-order chi connectivity index (χ1) is 11.5. The van der Waals surface area contributed by atoms with Gasteiger partial charge in [0.2, 0.25) is 5.82 Å². The summed E-state index contributed by atoms with van der Waals surface area (Å²) in [6.07, 6.45) is 0.897. The molecular formula is C16H18N4O3S. The predicted octanol–water partition coefficient (Wildman–Crippen LogP) is 2.82. The lowest BCUT2D eigenvalue weighted by Gasteiger charge is -2.03. The number of nitrogens with zero attached hydrogens (tertiary/aromatic N) is 4. The van der Waals surface area contributed by atoms with Crippen LogP contribution in [0.15, 0.2) is 22.0 Å². The van der Waals surface area contributed by atoms with E-state index in [0.29, 0.717) is 24.6 Å². The molecule has 0 unspecified atom stereocenters. The molecular weight excluding hydrogens is 328 g/mol. The standard InChI is InChI=1S/C16H18N4O3S/c1-10-12(11(2)20(3)18-10)6-7-15(21)22-9-14-17-16(19-23-14)13-5-4-8-24-13/h4-5,8H,6-7,9H2,1-3H3. The third kappa shape index (κ3) is 3.53. The third-order valence-corrected chi connectivity index (χ3v) is 4.67. The summed E-state index contributed by atoms with van der Waals surface area (Å²) in [7, 11) is 1.89. The summed E-state index contributed by atoms with van der Waals surface area (Å²) >= 11 is 1.52. The fraction of sp³-hybridized carbons (Fsp3) is 0.375. The number of hydrogen-bond acceptors (Lipinski definition) is 7. The second-order valence-electron chi connectivity index (χ2n) is 5.42. The monoisotopic (exact) mass is 346 g/mol. The summed E-state index contributed by atoms with van der Waals surface area (Å²) in [5, 5.41) is 10.2. The van der Waals surface area contributed by atoms with Crippen LogP contribution in [-0.2, 0) is 29.6 Å². The van der Waals surface area contributed by atoms with Gasteiger partial charge in [0.15, 0.2) is 6.61 Å². The maximum atomic E-state index is 11.9. The van der Waals surface area contributed by atoms with Crippen LogP contribution in [0.1, 0.15) is 29.3 Å². The molecule has 0 saturated carbocycles. The highest BCUT2D eigenvalue weighted by Crippen LogP contribution is 2.21. The first-order valence-corrected chi connectivity index (χ1v) is 8.43. The lowest BCUT2D eigenvalue weighted by Crippen LogP contribution is -2.07. The van der Waals surface area contributed by atoms with Gasteiger partial charge in [-0.3, -0.25) is 9.48 Å². The fourth-order valence-electron chi connectivity index (χ4n) is 2.44. The van der Waals surface area contributed by atoms with Crippen molar-refractivity contribution < 1.29 is 14.1 Å². The molecule has 0 aliphatic rings. The van der Waals surface area contributed by atoms with E-state index in [1.165, 1.54) is 11.3 Å². The number of esters is 1. The highest BCUT2D eigenvalue weighted by Gasteiger charge is 2.14. The van der Waals surface area contributed by atoms with Gasteiger partial charge in [0.1, 0.15) is 0 Å². The summed E-state index contributed by atoms with van der Waals surface area (Å²) in [6.45, 7) is 3.92. The number of aryl methyl sites for hydroxylation is 2. The number of aromatic nitrogens is 4. The summed E-state index contributed by atoms with van der Waals surface area (Å²) in [5.74, 6) is 0.506. The summed E-state index contributed by atoms with van der Waals surface area (Å²) in [4.78, 5) is 17.0. The maximum Gasteiger partial charge on any atom is 0.306 e. The molecule has 3 aromatic rings. The smallest absolute Gasteiger partial charge is 0.306 e. The topological polar surface area (TPSA) is 83.0 Å². The average Bonchev–Trinajstić information content (AvgIpc) is 3.27. The van der Waals surface area contributed by atoms with Crippen molar-refractivity contribution in [3.63, 3.8) is 0 Å². The van der Waals surface area contributed by atoms with Gasteiger partial charge in [-0.1, -0.05) is 11.2 Å². The molecule has 3 rings (SSSR count). The Morgan fingerprint density at radius 2 is 2.25 bits per heavy atom. The Balaban J connectivity index is 1.51. The van der Waals surface area contributed by atoms with Crippen LogP contribution in [0, 0.1) is 13.8 Å². The van der Waals surface area contributed by atoms with Gasteiger partial charge >= 0.3 is 5.97 Å². The fourth-order valence-corrected chi connectivity index (χ4v) is 3.09. The molecule has 0 amide bonds. The minimum Gasteiger partial charge on any atom is -0.456 e. The summed E-state index contributed by atoms with van der Waals surface area (Å²) in [6, 6.07) is 3.82. The molecule has 3 heterocycles. The van der Waals surface area contributed by atoms with E-state index in [1.54, 1.807) is 0 Å². The van der Waals surface area contributed by atoms with Gasteiger partial charge in [-0.05, 0) is 37.3 Å². The van der Waals surface area contributed by atoms with Crippen molar-refractivity contribution in [3.05, 3.63) is 40.4 Å². The van der Waals surface area contributed by atoms with Crippen LogP contribution >= 0.6 is 11.3 Å². The number of carbonyl (C=O) groups excluding carboxylic acids is 1. The highest BCUT2D eigenvalue weighted by molar-refractivity contribution is 7.13.